The van der Waals surface area contributed by atoms with Crippen LogP contribution in [0.15, 0.2) is 24.4 Å². The first-order valence-electron chi connectivity index (χ1n) is 6.90. The normalized spacial score (nSPS) is 12.8. The molecule has 0 aliphatic rings. The lowest BCUT2D eigenvalue weighted by Gasteiger charge is -2.23. The summed E-state index contributed by atoms with van der Waals surface area (Å²) in [5.41, 5.74) is 0.839. The lowest BCUT2D eigenvalue weighted by molar-refractivity contribution is 0.242. The van der Waals surface area contributed by atoms with E-state index in [-0.39, 0.29) is 0 Å². The van der Waals surface area contributed by atoms with Gasteiger partial charge in [0.25, 0.3) is 0 Å². The standard InChI is InChI=1S/C14H21N5S/c1-4-11(2)18(3)9-10-19-13(16-17-14(19)20)12-7-5-6-8-15-12/h5-8,11H,4,9-10H2,1-3H3,(H,17,20). The van der Waals surface area contributed by atoms with Crippen molar-refractivity contribution in [1.82, 2.24) is 24.6 Å². The first kappa shape index (κ1) is 14.9. The molecule has 108 valence electrons. The van der Waals surface area contributed by atoms with Crippen molar-refractivity contribution in [2.45, 2.75) is 32.9 Å². The highest BCUT2D eigenvalue weighted by molar-refractivity contribution is 7.71. The zero-order valence-electron chi connectivity index (χ0n) is 12.2. The van der Waals surface area contributed by atoms with E-state index in [0.717, 1.165) is 31.0 Å². The predicted octanol–water partition coefficient (Wildman–Crippen LogP) is 2.73. The van der Waals surface area contributed by atoms with Crippen molar-refractivity contribution >= 4 is 12.2 Å². The molecule has 2 heterocycles. The molecule has 20 heavy (non-hydrogen) atoms. The van der Waals surface area contributed by atoms with Gasteiger partial charge in [0.05, 0.1) is 0 Å². The van der Waals surface area contributed by atoms with Crippen molar-refractivity contribution < 1.29 is 0 Å². The molecule has 2 aromatic heterocycles. The van der Waals surface area contributed by atoms with Crippen LogP contribution in [0.1, 0.15) is 20.3 Å². The van der Waals surface area contributed by atoms with E-state index in [4.69, 9.17) is 12.2 Å². The van der Waals surface area contributed by atoms with E-state index in [1.807, 2.05) is 22.8 Å². The molecule has 0 bridgehead atoms. The Morgan fingerprint density at radius 3 is 2.90 bits per heavy atom. The SMILES string of the molecule is CCC(C)N(C)CCn1c(-c2ccccn2)n[nH]c1=S. The maximum absolute atomic E-state index is 5.32. The maximum atomic E-state index is 5.32. The third-order valence-corrected chi connectivity index (χ3v) is 3.98. The van der Waals surface area contributed by atoms with E-state index >= 15 is 0 Å². The molecule has 0 saturated carbocycles. The maximum Gasteiger partial charge on any atom is 0.195 e. The minimum atomic E-state index is 0.564. The smallest absolute Gasteiger partial charge is 0.195 e. The predicted molar refractivity (Wildman–Crippen MR) is 83.0 cm³/mol. The van der Waals surface area contributed by atoms with Gasteiger partial charge in [-0.15, -0.1) is 0 Å². The van der Waals surface area contributed by atoms with Crippen molar-refractivity contribution in [2.75, 3.05) is 13.6 Å². The van der Waals surface area contributed by atoms with Gasteiger partial charge in [-0.3, -0.25) is 14.6 Å². The number of H-pyrrole nitrogens is 1. The molecule has 0 amide bonds. The zero-order valence-corrected chi connectivity index (χ0v) is 13.0. The average Bonchev–Trinajstić information content (AvgIpc) is 2.85. The van der Waals surface area contributed by atoms with Crippen molar-refractivity contribution in [3.05, 3.63) is 29.2 Å². The summed E-state index contributed by atoms with van der Waals surface area (Å²) in [6.07, 6.45) is 2.91. The van der Waals surface area contributed by atoms with Crippen LogP contribution in [0.4, 0.5) is 0 Å². The monoisotopic (exact) mass is 291 g/mol. The Labute approximate surface area is 124 Å². The number of nitrogens with zero attached hydrogens (tertiary/aromatic N) is 4. The molecule has 0 aliphatic carbocycles. The summed E-state index contributed by atoms with van der Waals surface area (Å²) in [6, 6.07) is 6.36. The molecule has 2 rings (SSSR count). The van der Waals surface area contributed by atoms with Gasteiger partial charge in [0.1, 0.15) is 5.69 Å². The van der Waals surface area contributed by atoms with E-state index in [1.165, 1.54) is 0 Å². The molecule has 0 radical (unpaired) electrons. The quantitative estimate of drug-likeness (QED) is 0.831. The minimum Gasteiger partial charge on any atom is -0.302 e. The second-order valence-corrected chi connectivity index (χ2v) is 5.34. The van der Waals surface area contributed by atoms with Gasteiger partial charge in [-0.05, 0) is 44.7 Å². The zero-order chi connectivity index (χ0) is 14.5. The van der Waals surface area contributed by atoms with Gasteiger partial charge in [-0.2, -0.15) is 5.10 Å². The Morgan fingerprint density at radius 1 is 1.45 bits per heavy atom. The van der Waals surface area contributed by atoms with Crippen LogP contribution in [-0.2, 0) is 6.54 Å². The highest BCUT2D eigenvalue weighted by Crippen LogP contribution is 2.14. The third kappa shape index (κ3) is 3.32. The molecule has 1 atom stereocenters. The molecule has 0 aliphatic heterocycles. The first-order valence-corrected chi connectivity index (χ1v) is 7.31. The number of pyridine rings is 1. The lowest BCUT2D eigenvalue weighted by Crippen LogP contribution is -2.31. The second-order valence-electron chi connectivity index (χ2n) is 4.96. The molecule has 1 N–H and O–H groups in total. The molecular formula is C14H21N5S. The summed E-state index contributed by atoms with van der Waals surface area (Å²) in [5.74, 6) is 0.799. The first-order chi connectivity index (χ1) is 9.63. The van der Waals surface area contributed by atoms with E-state index < -0.39 is 0 Å². The summed E-state index contributed by atoms with van der Waals surface area (Å²) < 4.78 is 2.65. The summed E-state index contributed by atoms with van der Waals surface area (Å²) in [7, 11) is 2.14. The van der Waals surface area contributed by atoms with E-state index in [1.54, 1.807) is 6.20 Å². The third-order valence-electron chi connectivity index (χ3n) is 3.67. The molecule has 0 spiro atoms. The molecule has 6 heteroatoms. The van der Waals surface area contributed by atoms with Crippen LogP contribution in [0.5, 0.6) is 0 Å². The van der Waals surface area contributed by atoms with Gasteiger partial charge in [-0.25, -0.2) is 0 Å². The molecule has 0 aromatic carbocycles. The molecule has 5 nitrogen and oxygen atoms in total. The Hall–Kier alpha value is -1.53. The van der Waals surface area contributed by atoms with Crippen LogP contribution >= 0.6 is 12.2 Å². The highest BCUT2D eigenvalue weighted by Gasteiger charge is 2.12. The van der Waals surface area contributed by atoms with E-state index in [9.17, 15) is 0 Å². The fraction of sp³-hybridized carbons (Fsp3) is 0.500. The Bertz CT molecular complexity index is 589. The lowest BCUT2D eigenvalue weighted by atomic mass is 10.2. The van der Waals surface area contributed by atoms with Gasteiger partial charge in [0, 0.05) is 25.3 Å². The van der Waals surface area contributed by atoms with Crippen LogP contribution < -0.4 is 0 Å². The van der Waals surface area contributed by atoms with Gasteiger partial charge in [0.2, 0.25) is 0 Å². The average molecular weight is 291 g/mol. The van der Waals surface area contributed by atoms with Gasteiger partial charge >= 0.3 is 0 Å². The van der Waals surface area contributed by atoms with Crippen LogP contribution in [0.3, 0.4) is 0 Å². The van der Waals surface area contributed by atoms with Crippen LogP contribution in [0.25, 0.3) is 11.5 Å². The van der Waals surface area contributed by atoms with Crippen molar-refractivity contribution in [1.29, 1.82) is 0 Å². The largest absolute Gasteiger partial charge is 0.302 e. The van der Waals surface area contributed by atoms with Crippen molar-refractivity contribution in [3.63, 3.8) is 0 Å². The Kier molecular flexibility index (Phi) is 5.03. The van der Waals surface area contributed by atoms with Crippen LogP contribution in [0, 0.1) is 4.77 Å². The molecular weight excluding hydrogens is 270 g/mol. The number of hydrogen-bond acceptors (Lipinski definition) is 4. The van der Waals surface area contributed by atoms with Gasteiger partial charge in [0.15, 0.2) is 10.6 Å². The number of aromatic nitrogens is 4. The number of rotatable bonds is 6. The fourth-order valence-electron chi connectivity index (χ4n) is 2.01. The molecule has 2 aromatic rings. The molecule has 0 fully saturated rings. The highest BCUT2D eigenvalue weighted by atomic mass is 32.1. The summed E-state index contributed by atoms with van der Waals surface area (Å²) >= 11 is 5.32. The second kappa shape index (κ2) is 6.76. The Balaban J connectivity index is 2.17. The van der Waals surface area contributed by atoms with Gasteiger partial charge < -0.3 is 4.90 Å². The number of hydrogen-bond donors (Lipinski definition) is 1. The summed E-state index contributed by atoms with van der Waals surface area (Å²) in [4.78, 5) is 6.67. The van der Waals surface area contributed by atoms with Gasteiger partial charge in [-0.1, -0.05) is 13.0 Å². The molecule has 0 saturated heterocycles. The summed E-state index contributed by atoms with van der Waals surface area (Å²) in [5, 5.41) is 7.15. The summed E-state index contributed by atoms with van der Waals surface area (Å²) in [6.45, 7) is 6.17. The molecule has 1 unspecified atom stereocenters. The topological polar surface area (TPSA) is 49.7 Å². The van der Waals surface area contributed by atoms with Crippen LogP contribution in [-0.4, -0.2) is 44.3 Å². The number of nitrogens with one attached hydrogen (secondary N) is 1. The van der Waals surface area contributed by atoms with Crippen molar-refractivity contribution in [2.24, 2.45) is 0 Å². The number of likely N-dealkylation sites (N-methyl/N-ethyl adjacent to an activating group) is 1. The van der Waals surface area contributed by atoms with Crippen LogP contribution in [0.2, 0.25) is 0 Å². The van der Waals surface area contributed by atoms with Crippen molar-refractivity contribution in [3.8, 4) is 11.5 Å². The number of aromatic amines is 1. The van der Waals surface area contributed by atoms with E-state index in [2.05, 4.69) is 41.0 Å². The van der Waals surface area contributed by atoms with E-state index in [0.29, 0.717) is 10.8 Å². The fourth-order valence-corrected chi connectivity index (χ4v) is 2.23. The minimum absolute atomic E-state index is 0.564. The Morgan fingerprint density at radius 2 is 2.25 bits per heavy atom.